The van der Waals surface area contributed by atoms with Gasteiger partial charge in [0, 0.05) is 24.6 Å². The molecule has 2 aromatic rings. The maximum Gasteiger partial charge on any atom is 0.274 e. The van der Waals surface area contributed by atoms with Gasteiger partial charge in [-0.3, -0.25) is 20.1 Å². The highest BCUT2D eigenvalue weighted by Gasteiger charge is 2.43. The van der Waals surface area contributed by atoms with Gasteiger partial charge in [-0.25, -0.2) is 0 Å². The van der Waals surface area contributed by atoms with Gasteiger partial charge in [-0.05, 0) is 18.2 Å². The van der Waals surface area contributed by atoms with Gasteiger partial charge in [-0.15, -0.1) is 0 Å². The van der Waals surface area contributed by atoms with Crippen molar-refractivity contribution in [3.8, 4) is 0 Å². The molecule has 0 N–H and O–H groups in total. The molecule has 2 aliphatic rings. The number of para-hydroxylation sites is 1. The maximum atomic E-state index is 11.4. The lowest BCUT2D eigenvalue weighted by molar-refractivity contribution is -0.386. The lowest BCUT2D eigenvalue weighted by Crippen LogP contribution is -2.27. The Hall–Kier alpha value is -2.41. The second-order valence-electron chi connectivity index (χ2n) is 5.41. The second-order valence-corrected chi connectivity index (χ2v) is 6.48. The number of aliphatic imine (C=N–C) groups is 1. The second kappa shape index (κ2) is 5.66. The monoisotopic (exact) mass is 326 g/mol. The van der Waals surface area contributed by atoms with Crippen LogP contribution in [0.3, 0.4) is 0 Å². The van der Waals surface area contributed by atoms with E-state index in [0.29, 0.717) is 5.56 Å². The van der Waals surface area contributed by atoms with Gasteiger partial charge >= 0.3 is 0 Å². The Morgan fingerprint density at radius 3 is 2.83 bits per heavy atom. The minimum Gasteiger partial charge on any atom is -0.341 e. The van der Waals surface area contributed by atoms with Crippen molar-refractivity contribution in [3.63, 3.8) is 0 Å². The molecule has 1 aromatic heterocycles. The van der Waals surface area contributed by atoms with Crippen molar-refractivity contribution in [2.45, 2.75) is 12.1 Å². The fourth-order valence-electron chi connectivity index (χ4n) is 3.16. The summed E-state index contributed by atoms with van der Waals surface area (Å²) < 4.78 is 0. The molecule has 1 saturated heterocycles. The lowest BCUT2D eigenvalue weighted by Gasteiger charge is -2.26. The number of aromatic nitrogens is 1. The molecule has 0 bridgehead atoms. The third-order valence-corrected chi connectivity index (χ3v) is 5.12. The number of hydrogen-bond acceptors (Lipinski definition) is 6. The fraction of sp³-hybridized carbons (Fsp3) is 0.250. The van der Waals surface area contributed by atoms with Gasteiger partial charge in [0.05, 0.1) is 22.2 Å². The number of benzene rings is 1. The van der Waals surface area contributed by atoms with Crippen molar-refractivity contribution in [1.82, 2.24) is 9.88 Å². The number of pyridine rings is 1. The molecule has 2 atom stereocenters. The molecule has 1 aromatic carbocycles. The first-order valence-electron chi connectivity index (χ1n) is 7.37. The molecule has 0 amide bonds. The molecule has 0 aliphatic carbocycles. The summed E-state index contributed by atoms with van der Waals surface area (Å²) in [5.74, 6) is 0.963. The summed E-state index contributed by atoms with van der Waals surface area (Å²) in [6.07, 6.45) is 1.74. The van der Waals surface area contributed by atoms with Gasteiger partial charge in [-0.2, -0.15) is 0 Å². The summed E-state index contributed by atoms with van der Waals surface area (Å²) in [6.45, 7) is 0.851. The molecule has 0 unspecified atom stereocenters. The van der Waals surface area contributed by atoms with E-state index in [9.17, 15) is 10.1 Å². The smallest absolute Gasteiger partial charge is 0.274 e. The van der Waals surface area contributed by atoms with Crippen LogP contribution in [0, 0.1) is 10.1 Å². The zero-order valence-electron chi connectivity index (χ0n) is 12.2. The van der Waals surface area contributed by atoms with E-state index in [4.69, 9.17) is 4.99 Å². The van der Waals surface area contributed by atoms with Crippen LogP contribution < -0.4 is 0 Å². The number of thioether (sulfide) groups is 1. The van der Waals surface area contributed by atoms with Crippen molar-refractivity contribution in [3.05, 3.63) is 70.0 Å². The largest absolute Gasteiger partial charge is 0.341 e. The molecule has 0 saturated carbocycles. The zero-order chi connectivity index (χ0) is 15.8. The minimum absolute atomic E-state index is 0.145. The predicted octanol–water partition coefficient (Wildman–Crippen LogP) is 3.19. The number of nitrogens with zero attached hydrogens (tertiary/aromatic N) is 4. The Morgan fingerprint density at radius 2 is 2.04 bits per heavy atom. The third kappa shape index (κ3) is 2.37. The highest BCUT2D eigenvalue weighted by Crippen LogP contribution is 2.47. The first kappa shape index (κ1) is 14.2. The molecular formula is C16H14N4O2S. The van der Waals surface area contributed by atoms with Crippen LogP contribution in [0.15, 0.2) is 53.7 Å². The van der Waals surface area contributed by atoms with Crippen molar-refractivity contribution in [2.75, 3.05) is 12.3 Å². The number of fused-ring (bicyclic) bond motifs is 1. The van der Waals surface area contributed by atoms with E-state index >= 15 is 0 Å². The average molecular weight is 326 g/mol. The van der Waals surface area contributed by atoms with Crippen LogP contribution in [0.25, 0.3) is 0 Å². The Kier molecular flexibility index (Phi) is 3.49. The summed E-state index contributed by atoms with van der Waals surface area (Å²) in [7, 11) is 0. The molecule has 2 aliphatic heterocycles. The van der Waals surface area contributed by atoms with E-state index in [-0.39, 0.29) is 22.7 Å². The van der Waals surface area contributed by atoms with Crippen LogP contribution in [0.2, 0.25) is 0 Å². The topological polar surface area (TPSA) is 71.6 Å². The van der Waals surface area contributed by atoms with Crippen LogP contribution in [-0.2, 0) is 0 Å². The minimum atomic E-state index is -0.313. The van der Waals surface area contributed by atoms with Crippen molar-refractivity contribution in [1.29, 1.82) is 0 Å². The van der Waals surface area contributed by atoms with Crippen molar-refractivity contribution >= 4 is 22.6 Å². The highest BCUT2D eigenvalue weighted by molar-refractivity contribution is 8.14. The van der Waals surface area contributed by atoms with Crippen LogP contribution in [0.1, 0.15) is 23.3 Å². The van der Waals surface area contributed by atoms with E-state index in [1.54, 1.807) is 30.1 Å². The van der Waals surface area contributed by atoms with Gasteiger partial charge in [-0.1, -0.05) is 30.0 Å². The zero-order valence-corrected chi connectivity index (χ0v) is 13.0. The third-order valence-electron chi connectivity index (χ3n) is 4.14. The molecule has 1 fully saturated rings. The molecule has 116 valence electrons. The van der Waals surface area contributed by atoms with Gasteiger partial charge in [0.1, 0.15) is 6.04 Å². The number of nitro benzene ring substituents is 1. The summed E-state index contributed by atoms with van der Waals surface area (Å²) in [4.78, 5) is 22.5. The molecule has 0 radical (unpaired) electrons. The number of amidine groups is 1. The van der Waals surface area contributed by atoms with Crippen LogP contribution in [-0.4, -0.2) is 32.3 Å². The SMILES string of the molecule is O=[N+]([O-])c1ccccc1[C@@H]1[C@H](c2ccccn2)N=C2SCCN21. The maximum absolute atomic E-state index is 11.4. The molecule has 4 rings (SSSR count). The van der Waals surface area contributed by atoms with E-state index in [1.165, 1.54) is 0 Å². The quantitative estimate of drug-likeness (QED) is 0.640. The van der Waals surface area contributed by atoms with E-state index in [0.717, 1.165) is 23.2 Å². The number of hydrogen-bond donors (Lipinski definition) is 0. The summed E-state index contributed by atoms with van der Waals surface area (Å²) >= 11 is 1.70. The van der Waals surface area contributed by atoms with E-state index < -0.39 is 0 Å². The van der Waals surface area contributed by atoms with E-state index in [1.807, 2.05) is 30.3 Å². The average Bonchev–Trinajstić information content (AvgIpc) is 3.16. The Morgan fingerprint density at radius 1 is 1.22 bits per heavy atom. The Balaban J connectivity index is 1.83. The van der Waals surface area contributed by atoms with Crippen LogP contribution in [0.4, 0.5) is 5.69 Å². The molecule has 0 spiro atoms. The Labute approximate surface area is 137 Å². The van der Waals surface area contributed by atoms with Gasteiger partial charge in [0.2, 0.25) is 0 Å². The lowest BCUT2D eigenvalue weighted by atomic mass is 9.95. The number of rotatable bonds is 3. The van der Waals surface area contributed by atoms with Gasteiger partial charge in [0.15, 0.2) is 5.17 Å². The normalized spacial score (nSPS) is 22.8. The summed E-state index contributed by atoms with van der Waals surface area (Å²) in [6, 6.07) is 12.3. The molecular weight excluding hydrogens is 312 g/mol. The first-order chi connectivity index (χ1) is 11.3. The first-order valence-corrected chi connectivity index (χ1v) is 8.36. The molecule has 23 heavy (non-hydrogen) atoms. The van der Waals surface area contributed by atoms with Crippen LogP contribution in [0.5, 0.6) is 0 Å². The highest BCUT2D eigenvalue weighted by atomic mass is 32.2. The molecule has 7 heteroatoms. The fourth-order valence-corrected chi connectivity index (χ4v) is 4.19. The summed E-state index contributed by atoms with van der Waals surface area (Å²) in [5, 5.41) is 12.4. The standard InChI is InChI=1S/C16H14N4O2S/c21-20(22)13-7-2-1-5-11(13)15-14(12-6-3-4-8-17-12)18-16-19(15)9-10-23-16/h1-8,14-15H,9-10H2/t14-,15+/m0/s1. The summed E-state index contributed by atoms with van der Waals surface area (Å²) in [5.41, 5.74) is 1.69. The van der Waals surface area contributed by atoms with Gasteiger partial charge in [0.25, 0.3) is 5.69 Å². The Bertz CT molecular complexity index is 781. The van der Waals surface area contributed by atoms with Gasteiger partial charge < -0.3 is 4.90 Å². The predicted molar refractivity (Wildman–Crippen MR) is 89.4 cm³/mol. The van der Waals surface area contributed by atoms with E-state index in [2.05, 4.69) is 9.88 Å². The van der Waals surface area contributed by atoms with Crippen LogP contribution >= 0.6 is 11.8 Å². The van der Waals surface area contributed by atoms with Crippen molar-refractivity contribution in [2.24, 2.45) is 4.99 Å². The number of nitro groups is 1. The molecule has 3 heterocycles. The molecule has 6 nitrogen and oxygen atoms in total. The van der Waals surface area contributed by atoms with Crippen molar-refractivity contribution < 1.29 is 4.92 Å².